The molecule has 0 spiro atoms. The quantitative estimate of drug-likeness (QED) is 0.525. The molecule has 2 atom stereocenters. The molecule has 30 heavy (non-hydrogen) atoms. The molecular weight excluding hydrogens is 406 g/mol. The number of allylic oxidation sites excluding steroid dienone is 1. The zero-order chi connectivity index (χ0) is 21.7. The van der Waals surface area contributed by atoms with E-state index in [1.165, 1.54) is 23.1 Å². The van der Waals surface area contributed by atoms with Crippen LogP contribution in [0, 0.1) is 5.82 Å². The van der Waals surface area contributed by atoms with Gasteiger partial charge in [-0.15, -0.1) is 0 Å². The van der Waals surface area contributed by atoms with Crippen molar-refractivity contribution in [1.82, 2.24) is 14.9 Å². The van der Waals surface area contributed by atoms with Gasteiger partial charge < -0.3 is 14.4 Å². The highest BCUT2D eigenvalue weighted by Gasteiger charge is 2.37. The first-order valence-electron chi connectivity index (χ1n) is 9.10. The van der Waals surface area contributed by atoms with Crippen LogP contribution in [-0.4, -0.2) is 46.1 Å². The summed E-state index contributed by atoms with van der Waals surface area (Å²) < 4.78 is 62.6. The normalized spacial score (nSPS) is 19.4. The van der Waals surface area contributed by atoms with E-state index in [1.54, 1.807) is 13.0 Å². The van der Waals surface area contributed by atoms with E-state index in [0.29, 0.717) is 5.56 Å². The molecule has 0 radical (unpaired) electrons. The van der Waals surface area contributed by atoms with Crippen molar-refractivity contribution >= 4 is 5.91 Å². The number of hydrogen-bond donors (Lipinski definition) is 0. The Bertz CT molecular complexity index is 886. The van der Waals surface area contributed by atoms with Gasteiger partial charge in [-0.25, -0.2) is 14.4 Å². The third kappa shape index (κ3) is 5.53. The summed E-state index contributed by atoms with van der Waals surface area (Å²) in [5, 5.41) is 0. The molecule has 0 saturated carbocycles. The maximum Gasteiger partial charge on any atom is 0.416 e. The molecule has 6 nitrogen and oxygen atoms in total. The summed E-state index contributed by atoms with van der Waals surface area (Å²) >= 11 is 0. The number of nitrogens with zero attached hydrogens (tertiary/aromatic N) is 3. The molecule has 0 bridgehead atoms. The molecule has 0 N–H and O–H groups in total. The summed E-state index contributed by atoms with van der Waals surface area (Å²) in [7, 11) is 0. The fourth-order valence-corrected chi connectivity index (χ4v) is 2.94. The molecule has 1 fully saturated rings. The van der Waals surface area contributed by atoms with Crippen molar-refractivity contribution in [2.75, 3.05) is 13.1 Å². The Labute approximate surface area is 170 Å². The van der Waals surface area contributed by atoms with Crippen molar-refractivity contribution in [3.8, 4) is 6.01 Å². The number of rotatable bonds is 6. The molecule has 160 valence electrons. The molecule has 1 aromatic carbocycles. The lowest BCUT2D eigenvalue weighted by molar-refractivity contribution is -0.137. The van der Waals surface area contributed by atoms with Crippen molar-refractivity contribution in [3.05, 3.63) is 65.8 Å². The highest BCUT2D eigenvalue weighted by molar-refractivity contribution is 5.87. The first-order chi connectivity index (χ1) is 14.3. The molecule has 10 heteroatoms. The highest BCUT2D eigenvalue weighted by atomic mass is 19.4. The van der Waals surface area contributed by atoms with Crippen LogP contribution in [-0.2, 0) is 22.3 Å². The van der Waals surface area contributed by atoms with Crippen molar-refractivity contribution in [1.29, 1.82) is 0 Å². The molecule has 1 aliphatic rings. The van der Waals surface area contributed by atoms with Gasteiger partial charge in [-0.3, -0.25) is 4.79 Å². The van der Waals surface area contributed by atoms with Gasteiger partial charge in [0, 0.05) is 0 Å². The second kappa shape index (κ2) is 9.21. The Morgan fingerprint density at radius 3 is 2.40 bits per heavy atom. The van der Waals surface area contributed by atoms with E-state index < -0.39 is 29.8 Å². The molecular formula is C20H19F4N3O3. The van der Waals surface area contributed by atoms with Crippen LogP contribution in [0.15, 0.2) is 48.8 Å². The van der Waals surface area contributed by atoms with Gasteiger partial charge in [0.15, 0.2) is 5.82 Å². The standard InChI is InChI=1S/C20H19F4N3O3/c1-2-3-18(28)27-10-16(17(11-27)30-19-25-8-15(21)9-26-19)29-12-13-4-6-14(7-5-13)20(22,23)24/h2-9,16-17H,10-12H2,1H3/b3-2+/t16-,17-/m1/s1. The number of carbonyl (C=O) groups is 1. The summed E-state index contributed by atoms with van der Waals surface area (Å²) in [6.07, 6.45) is -0.682. The SMILES string of the molecule is C/C=C/C(=O)N1C[C@@H](OCc2ccc(C(F)(F)F)cc2)[C@H](Oc2ncc(F)cn2)C1. The predicted molar refractivity (Wildman–Crippen MR) is 97.8 cm³/mol. The smallest absolute Gasteiger partial charge is 0.416 e. The van der Waals surface area contributed by atoms with Crippen LogP contribution in [0.25, 0.3) is 0 Å². The van der Waals surface area contributed by atoms with Crippen LogP contribution in [0.2, 0.25) is 0 Å². The lowest BCUT2D eigenvalue weighted by Crippen LogP contribution is -2.33. The third-order valence-electron chi connectivity index (χ3n) is 4.44. The Hall–Kier alpha value is -3.01. The van der Waals surface area contributed by atoms with E-state index in [9.17, 15) is 22.4 Å². The number of amides is 1. The van der Waals surface area contributed by atoms with Crippen LogP contribution in [0.5, 0.6) is 6.01 Å². The van der Waals surface area contributed by atoms with Gasteiger partial charge >= 0.3 is 12.2 Å². The minimum absolute atomic E-state index is 0.0264. The van der Waals surface area contributed by atoms with E-state index in [4.69, 9.17) is 9.47 Å². The Kier molecular flexibility index (Phi) is 6.66. The molecule has 1 aromatic heterocycles. The zero-order valence-electron chi connectivity index (χ0n) is 16.0. The van der Waals surface area contributed by atoms with Gasteiger partial charge in [0.1, 0.15) is 12.2 Å². The largest absolute Gasteiger partial charge is 0.455 e. The summed E-state index contributed by atoms with van der Waals surface area (Å²) in [6, 6.07) is 4.56. The number of ether oxygens (including phenoxy) is 2. The van der Waals surface area contributed by atoms with Crippen LogP contribution < -0.4 is 4.74 Å². The number of alkyl halides is 3. The Morgan fingerprint density at radius 2 is 1.80 bits per heavy atom. The fraction of sp³-hybridized carbons (Fsp3) is 0.350. The maximum absolute atomic E-state index is 13.0. The number of aromatic nitrogens is 2. The van der Waals surface area contributed by atoms with Gasteiger partial charge in [0.05, 0.1) is 37.7 Å². The second-order valence-corrected chi connectivity index (χ2v) is 6.63. The minimum Gasteiger partial charge on any atom is -0.455 e. The van der Waals surface area contributed by atoms with Crippen LogP contribution in [0.1, 0.15) is 18.1 Å². The number of hydrogen-bond acceptors (Lipinski definition) is 5. The Balaban J connectivity index is 1.68. The van der Waals surface area contributed by atoms with E-state index in [2.05, 4.69) is 9.97 Å². The van der Waals surface area contributed by atoms with Gasteiger partial charge in [-0.1, -0.05) is 18.2 Å². The number of carbonyl (C=O) groups excluding carboxylic acids is 1. The topological polar surface area (TPSA) is 64.6 Å². The number of benzene rings is 1. The van der Waals surface area contributed by atoms with Crippen LogP contribution in [0.3, 0.4) is 0 Å². The van der Waals surface area contributed by atoms with Gasteiger partial charge in [-0.2, -0.15) is 13.2 Å². The molecule has 2 aromatic rings. The monoisotopic (exact) mass is 425 g/mol. The minimum atomic E-state index is -4.41. The lowest BCUT2D eigenvalue weighted by atomic mass is 10.1. The van der Waals surface area contributed by atoms with Gasteiger partial charge in [-0.05, 0) is 30.7 Å². The first-order valence-corrected chi connectivity index (χ1v) is 9.10. The van der Waals surface area contributed by atoms with Gasteiger partial charge in [0.25, 0.3) is 0 Å². The van der Waals surface area contributed by atoms with Gasteiger partial charge in [0.2, 0.25) is 5.91 Å². The molecule has 1 aliphatic heterocycles. The number of halogens is 4. The van der Waals surface area contributed by atoms with E-state index in [0.717, 1.165) is 24.5 Å². The van der Waals surface area contributed by atoms with E-state index in [1.807, 2.05) is 0 Å². The summed E-state index contributed by atoms with van der Waals surface area (Å²) in [5.41, 5.74) is -0.206. The average Bonchev–Trinajstić information content (AvgIpc) is 3.11. The maximum atomic E-state index is 13.0. The third-order valence-corrected chi connectivity index (χ3v) is 4.44. The van der Waals surface area contributed by atoms with Crippen molar-refractivity contribution in [2.45, 2.75) is 31.9 Å². The average molecular weight is 425 g/mol. The molecule has 0 unspecified atom stereocenters. The first kappa shape index (κ1) is 21.7. The zero-order valence-corrected chi connectivity index (χ0v) is 16.0. The predicted octanol–water partition coefficient (Wildman–Crippen LogP) is 3.39. The fourth-order valence-electron chi connectivity index (χ4n) is 2.94. The number of likely N-dealkylation sites (tertiary alicyclic amines) is 1. The Morgan fingerprint density at radius 1 is 1.17 bits per heavy atom. The van der Waals surface area contributed by atoms with E-state index >= 15 is 0 Å². The second-order valence-electron chi connectivity index (χ2n) is 6.63. The summed E-state index contributed by atoms with van der Waals surface area (Å²) in [4.78, 5) is 21.2. The molecule has 2 heterocycles. The van der Waals surface area contributed by atoms with Crippen LogP contribution in [0.4, 0.5) is 17.6 Å². The molecule has 1 amide bonds. The van der Waals surface area contributed by atoms with Crippen molar-refractivity contribution in [3.63, 3.8) is 0 Å². The molecule has 3 rings (SSSR count). The van der Waals surface area contributed by atoms with Crippen molar-refractivity contribution < 1.29 is 31.8 Å². The lowest BCUT2D eigenvalue weighted by Gasteiger charge is -2.19. The van der Waals surface area contributed by atoms with Crippen LogP contribution >= 0.6 is 0 Å². The molecule has 1 saturated heterocycles. The van der Waals surface area contributed by atoms with E-state index in [-0.39, 0.29) is 31.6 Å². The summed E-state index contributed by atoms with van der Waals surface area (Å²) in [5.74, 6) is -0.847. The highest BCUT2D eigenvalue weighted by Crippen LogP contribution is 2.29. The van der Waals surface area contributed by atoms with Crippen molar-refractivity contribution in [2.24, 2.45) is 0 Å². The summed E-state index contributed by atoms with van der Waals surface area (Å²) in [6.45, 7) is 2.16. The molecule has 0 aliphatic carbocycles.